The summed E-state index contributed by atoms with van der Waals surface area (Å²) in [6.45, 7) is 2.26. The average molecular weight is 497 g/mol. The SMILES string of the molecule is Cc1nc(N2CCCN(c3ccc(-c4ccccc4C(F)(F)F)cc3)C2=O)sc1S(N)(=O)=O. The fourth-order valence-electron chi connectivity index (χ4n) is 3.69. The molecule has 1 aliphatic heterocycles. The lowest BCUT2D eigenvalue weighted by Gasteiger charge is -2.34. The fraction of sp³-hybridized carbons (Fsp3) is 0.238. The number of urea groups is 1. The largest absolute Gasteiger partial charge is 0.417 e. The first-order chi connectivity index (χ1) is 15.5. The molecule has 1 aromatic heterocycles. The molecular formula is C21H19F3N4O3S2. The van der Waals surface area contributed by atoms with Gasteiger partial charge in [0.15, 0.2) is 9.34 Å². The second kappa shape index (κ2) is 8.43. The monoisotopic (exact) mass is 496 g/mol. The van der Waals surface area contributed by atoms with Crippen LogP contribution in [-0.2, 0) is 16.2 Å². The molecule has 0 saturated carbocycles. The van der Waals surface area contributed by atoms with Gasteiger partial charge in [-0.2, -0.15) is 13.2 Å². The Kier molecular flexibility index (Phi) is 5.93. The number of amides is 2. The summed E-state index contributed by atoms with van der Waals surface area (Å²) in [6, 6.07) is 11.2. The van der Waals surface area contributed by atoms with Gasteiger partial charge in [-0.3, -0.25) is 9.80 Å². The Morgan fingerprint density at radius 2 is 1.67 bits per heavy atom. The minimum absolute atomic E-state index is 0.0527. The van der Waals surface area contributed by atoms with E-state index in [4.69, 9.17) is 5.14 Å². The van der Waals surface area contributed by atoms with Gasteiger partial charge in [-0.1, -0.05) is 41.7 Å². The van der Waals surface area contributed by atoms with E-state index >= 15 is 0 Å². The predicted octanol–water partition coefficient (Wildman–Crippen LogP) is 4.62. The summed E-state index contributed by atoms with van der Waals surface area (Å²) in [4.78, 5) is 20.2. The molecule has 2 aromatic carbocycles. The van der Waals surface area contributed by atoms with Gasteiger partial charge in [0.25, 0.3) is 0 Å². The van der Waals surface area contributed by atoms with Gasteiger partial charge in [0.2, 0.25) is 10.0 Å². The zero-order valence-corrected chi connectivity index (χ0v) is 19.0. The van der Waals surface area contributed by atoms with Crippen molar-refractivity contribution in [3.63, 3.8) is 0 Å². The van der Waals surface area contributed by atoms with Crippen molar-refractivity contribution in [3.8, 4) is 11.1 Å². The highest BCUT2D eigenvalue weighted by Gasteiger charge is 2.34. The van der Waals surface area contributed by atoms with E-state index in [0.29, 0.717) is 30.8 Å². The number of anilines is 2. The first-order valence-corrected chi connectivity index (χ1v) is 12.2. The number of benzene rings is 2. The van der Waals surface area contributed by atoms with Crippen LogP contribution in [0.4, 0.5) is 28.8 Å². The number of nitrogens with two attached hydrogens (primary N) is 1. The molecule has 1 fully saturated rings. The molecule has 7 nitrogen and oxygen atoms in total. The molecule has 0 spiro atoms. The van der Waals surface area contributed by atoms with Gasteiger partial charge in [0.1, 0.15) is 0 Å². The molecule has 12 heteroatoms. The average Bonchev–Trinajstić information content (AvgIpc) is 3.15. The Hall–Kier alpha value is -2.96. The van der Waals surface area contributed by atoms with Crippen LogP contribution in [0.3, 0.4) is 0 Å². The van der Waals surface area contributed by atoms with E-state index in [0.717, 1.165) is 17.4 Å². The van der Waals surface area contributed by atoms with Crippen molar-refractivity contribution in [2.24, 2.45) is 5.14 Å². The number of nitrogens with zero attached hydrogens (tertiary/aromatic N) is 3. The maximum absolute atomic E-state index is 13.4. The smallest absolute Gasteiger partial charge is 0.294 e. The molecule has 2 N–H and O–H groups in total. The van der Waals surface area contributed by atoms with Gasteiger partial charge < -0.3 is 0 Å². The van der Waals surface area contributed by atoms with Crippen molar-refractivity contribution in [3.05, 3.63) is 59.8 Å². The second-order valence-corrected chi connectivity index (χ2v) is 10.2. The third-order valence-electron chi connectivity index (χ3n) is 5.18. The maximum atomic E-state index is 13.4. The van der Waals surface area contributed by atoms with Crippen molar-refractivity contribution in [2.45, 2.75) is 23.7 Å². The van der Waals surface area contributed by atoms with E-state index in [1.807, 2.05) is 0 Å². The Labute approximate surface area is 192 Å². The molecule has 4 rings (SSSR count). The highest BCUT2D eigenvalue weighted by Crippen LogP contribution is 2.38. The highest BCUT2D eigenvalue weighted by atomic mass is 32.2. The zero-order valence-electron chi connectivity index (χ0n) is 17.3. The van der Waals surface area contributed by atoms with Gasteiger partial charge in [0, 0.05) is 18.8 Å². The summed E-state index contributed by atoms with van der Waals surface area (Å²) in [6.07, 6.45) is -3.89. The number of carbonyl (C=O) groups is 1. The molecular weight excluding hydrogens is 477 g/mol. The Morgan fingerprint density at radius 1 is 1.03 bits per heavy atom. The minimum atomic E-state index is -4.49. The van der Waals surface area contributed by atoms with Gasteiger partial charge in [0.05, 0.1) is 11.3 Å². The van der Waals surface area contributed by atoms with Crippen molar-refractivity contribution < 1.29 is 26.4 Å². The number of halogens is 3. The Balaban J connectivity index is 1.62. The van der Waals surface area contributed by atoms with Gasteiger partial charge in [-0.15, -0.1) is 0 Å². The Bertz CT molecular complexity index is 1310. The molecule has 0 radical (unpaired) electrons. The summed E-state index contributed by atoms with van der Waals surface area (Å²) in [5, 5.41) is 5.44. The quantitative estimate of drug-likeness (QED) is 0.570. The van der Waals surface area contributed by atoms with E-state index in [1.165, 1.54) is 34.9 Å². The van der Waals surface area contributed by atoms with Crippen LogP contribution >= 0.6 is 11.3 Å². The predicted molar refractivity (Wildman–Crippen MR) is 120 cm³/mol. The number of sulfonamides is 1. The molecule has 2 amide bonds. The zero-order chi connectivity index (χ0) is 24.0. The highest BCUT2D eigenvalue weighted by molar-refractivity contribution is 7.91. The summed E-state index contributed by atoms with van der Waals surface area (Å²) < 4.78 is 63.4. The lowest BCUT2D eigenvalue weighted by molar-refractivity contribution is -0.137. The van der Waals surface area contributed by atoms with Crippen molar-refractivity contribution in [1.29, 1.82) is 0 Å². The standard InChI is InChI=1S/C21H19F3N4O3S2/c1-13-18(33(25,30)31)32-19(26-13)28-12-4-11-27(20(28)29)15-9-7-14(8-10-15)16-5-2-3-6-17(16)21(22,23)24/h2-3,5-10H,4,11-12H2,1H3,(H2,25,30,31). The molecule has 3 aromatic rings. The van der Waals surface area contributed by atoms with Crippen LogP contribution in [0, 0.1) is 6.92 Å². The third kappa shape index (κ3) is 4.59. The van der Waals surface area contributed by atoms with Gasteiger partial charge >= 0.3 is 12.2 Å². The molecule has 0 aliphatic carbocycles. The van der Waals surface area contributed by atoms with Crippen LogP contribution in [0.25, 0.3) is 11.1 Å². The second-order valence-electron chi connectivity index (χ2n) is 7.44. The first-order valence-electron chi connectivity index (χ1n) is 9.83. The van der Waals surface area contributed by atoms with E-state index in [1.54, 1.807) is 24.3 Å². The van der Waals surface area contributed by atoms with Crippen molar-refractivity contribution >= 4 is 38.2 Å². The summed E-state index contributed by atoms with van der Waals surface area (Å²) >= 11 is 0.825. The van der Waals surface area contributed by atoms with Crippen LogP contribution < -0.4 is 14.9 Å². The number of aryl methyl sites for hydroxylation is 1. The molecule has 33 heavy (non-hydrogen) atoms. The third-order valence-corrected chi connectivity index (χ3v) is 7.91. The van der Waals surface area contributed by atoms with Crippen LogP contribution in [-0.4, -0.2) is 32.5 Å². The van der Waals surface area contributed by atoms with E-state index in [9.17, 15) is 26.4 Å². The fourth-order valence-corrected chi connectivity index (χ4v) is 5.66. The van der Waals surface area contributed by atoms with E-state index < -0.39 is 27.8 Å². The van der Waals surface area contributed by atoms with Gasteiger partial charge in [-0.05, 0) is 42.7 Å². The number of hydrogen-bond donors (Lipinski definition) is 1. The molecule has 0 bridgehead atoms. The maximum Gasteiger partial charge on any atom is 0.417 e. The topological polar surface area (TPSA) is 96.6 Å². The number of primary sulfonamides is 1. The first kappa shape index (κ1) is 23.2. The summed E-state index contributed by atoms with van der Waals surface area (Å²) in [5.74, 6) is 0. The van der Waals surface area contributed by atoms with Crippen LogP contribution in [0.15, 0.2) is 52.7 Å². The molecule has 174 valence electrons. The van der Waals surface area contributed by atoms with Crippen LogP contribution in [0.2, 0.25) is 0 Å². The number of alkyl halides is 3. The molecule has 1 saturated heterocycles. The lowest BCUT2D eigenvalue weighted by Crippen LogP contribution is -2.49. The number of hydrogen-bond acceptors (Lipinski definition) is 5. The number of carbonyl (C=O) groups excluding carboxylic acids is 1. The Morgan fingerprint density at radius 3 is 2.27 bits per heavy atom. The molecule has 1 aliphatic rings. The lowest BCUT2D eigenvalue weighted by atomic mass is 9.99. The van der Waals surface area contributed by atoms with Crippen molar-refractivity contribution in [1.82, 2.24) is 4.98 Å². The molecule has 0 unspecified atom stereocenters. The van der Waals surface area contributed by atoms with E-state index in [2.05, 4.69) is 4.98 Å². The normalized spacial score (nSPS) is 15.2. The van der Waals surface area contributed by atoms with Crippen LogP contribution in [0.5, 0.6) is 0 Å². The number of aromatic nitrogens is 1. The number of thiazole rings is 1. The summed E-state index contributed by atoms with van der Waals surface area (Å²) in [7, 11) is -3.96. The minimum Gasteiger partial charge on any atom is -0.294 e. The van der Waals surface area contributed by atoms with Crippen molar-refractivity contribution in [2.75, 3.05) is 22.9 Å². The van der Waals surface area contributed by atoms with E-state index in [-0.39, 0.29) is 20.6 Å². The molecule has 0 atom stereocenters. The van der Waals surface area contributed by atoms with Gasteiger partial charge in [-0.25, -0.2) is 23.3 Å². The van der Waals surface area contributed by atoms with Crippen LogP contribution in [0.1, 0.15) is 17.7 Å². The molecule has 2 heterocycles. The number of rotatable bonds is 4. The summed E-state index contributed by atoms with van der Waals surface area (Å²) in [5.41, 5.74) is 0.425.